The van der Waals surface area contributed by atoms with Gasteiger partial charge in [0.25, 0.3) is 0 Å². The fourth-order valence-corrected chi connectivity index (χ4v) is 4.62. The predicted octanol–water partition coefficient (Wildman–Crippen LogP) is 8.11. The first-order valence-electron chi connectivity index (χ1n) is 12.5. The minimum absolute atomic E-state index is 0.735. The zero-order valence-electron chi connectivity index (χ0n) is 21.3. The molecule has 0 radical (unpaired) electrons. The summed E-state index contributed by atoms with van der Waals surface area (Å²) in [6, 6.07) is 29.2. The predicted molar refractivity (Wildman–Crippen MR) is 150 cm³/mol. The summed E-state index contributed by atoms with van der Waals surface area (Å²) in [4.78, 5) is 11.0. The second-order valence-corrected chi connectivity index (χ2v) is 9.12. The summed E-state index contributed by atoms with van der Waals surface area (Å²) in [6.45, 7) is 11.1. The van der Waals surface area contributed by atoms with Crippen LogP contribution in [0.1, 0.15) is 42.9 Å². The Hall–Kier alpha value is -3.72. The molecule has 0 spiro atoms. The summed E-state index contributed by atoms with van der Waals surface area (Å²) in [6.07, 6.45) is 4.99. The van der Waals surface area contributed by atoms with Crippen LogP contribution in [-0.4, -0.2) is 23.1 Å². The van der Waals surface area contributed by atoms with Gasteiger partial charge in [-0.2, -0.15) is 0 Å². The number of rotatable bonds is 1. The number of fused-ring (bicyclic) bond motifs is 3. The van der Waals surface area contributed by atoms with Crippen molar-refractivity contribution in [3.05, 3.63) is 114 Å². The van der Waals surface area contributed by atoms with E-state index in [1.807, 2.05) is 60.9 Å². The van der Waals surface area contributed by atoms with Crippen molar-refractivity contribution in [3.8, 4) is 0 Å². The van der Waals surface area contributed by atoms with Crippen molar-refractivity contribution in [1.82, 2.24) is 9.97 Å². The molecule has 0 saturated heterocycles. The van der Waals surface area contributed by atoms with Crippen molar-refractivity contribution in [1.29, 1.82) is 0 Å². The number of hydrogen-bond acceptors (Lipinski definition) is 3. The Morgan fingerprint density at radius 1 is 0.714 bits per heavy atom. The number of nitrogens with zero attached hydrogens (tertiary/aromatic N) is 3. The minimum atomic E-state index is 0.735. The number of benzene rings is 3. The lowest BCUT2D eigenvalue weighted by atomic mass is 9.92. The van der Waals surface area contributed by atoms with Crippen LogP contribution in [0.2, 0.25) is 0 Å². The van der Waals surface area contributed by atoms with Gasteiger partial charge in [-0.25, -0.2) is 0 Å². The third-order valence-electron chi connectivity index (χ3n) is 6.76. The molecule has 3 heteroatoms. The van der Waals surface area contributed by atoms with E-state index in [-0.39, 0.29) is 0 Å². The van der Waals surface area contributed by atoms with Crippen LogP contribution < -0.4 is 4.90 Å². The zero-order chi connectivity index (χ0) is 24.6. The van der Waals surface area contributed by atoms with E-state index in [2.05, 4.69) is 79.0 Å². The van der Waals surface area contributed by atoms with Crippen LogP contribution >= 0.6 is 0 Å². The van der Waals surface area contributed by atoms with E-state index in [1.54, 1.807) is 0 Å². The summed E-state index contributed by atoms with van der Waals surface area (Å²) < 4.78 is 0. The molecule has 0 N–H and O–H groups in total. The third kappa shape index (κ3) is 5.86. The molecule has 5 aromatic rings. The SMILES string of the molecule is CCN1CCC(C)c2ccccc21.Cc1ccnc2ccccc12.Cc1ccnc2ccccc12. The molecule has 3 nitrogen and oxygen atoms in total. The summed E-state index contributed by atoms with van der Waals surface area (Å²) >= 11 is 0. The lowest BCUT2D eigenvalue weighted by molar-refractivity contribution is 0.619. The Bertz CT molecular complexity index is 1300. The minimum Gasteiger partial charge on any atom is -0.372 e. The molecule has 1 aliphatic heterocycles. The average molecular weight is 462 g/mol. The molecule has 3 aromatic carbocycles. The van der Waals surface area contributed by atoms with Crippen LogP contribution in [0.5, 0.6) is 0 Å². The molecule has 6 rings (SSSR count). The van der Waals surface area contributed by atoms with Gasteiger partial charge in [0.1, 0.15) is 0 Å². The van der Waals surface area contributed by atoms with Crippen molar-refractivity contribution < 1.29 is 0 Å². The number of para-hydroxylation sites is 3. The van der Waals surface area contributed by atoms with Crippen LogP contribution in [0.25, 0.3) is 21.8 Å². The maximum Gasteiger partial charge on any atom is 0.0704 e. The number of aromatic nitrogens is 2. The fraction of sp³-hybridized carbons (Fsp3) is 0.250. The highest BCUT2D eigenvalue weighted by Gasteiger charge is 2.19. The van der Waals surface area contributed by atoms with E-state index in [0.717, 1.165) is 23.5 Å². The Labute approximate surface area is 209 Å². The second kappa shape index (κ2) is 11.6. The Kier molecular flexibility index (Phi) is 8.10. The van der Waals surface area contributed by atoms with Crippen molar-refractivity contribution in [3.63, 3.8) is 0 Å². The van der Waals surface area contributed by atoms with Crippen molar-refractivity contribution in [2.75, 3.05) is 18.0 Å². The number of aryl methyl sites for hydroxylation is 2. The summed E-state index contributed by atoms with van der Waals surface area (Å²) in [5.74, 6) is 0.735. The summed E-state index contributed by atoms with van der Waals surface area (Å²) in [7, 11) is 0. The average Bonchev–Trinajstić information content (AvgIpc) is 2.91. The lowest BCUT2D eigenvalue weighted by Gasteiger charge is -2.33. The van der Waals surface area contributed by atoms with Crippen molar-refractivity contribution in [2.24, 2.45) is 0 Å². The van der Waals surface area contributed by atoms with Gasteiger partial charge >= 0.3 is 0 Å². The Morgan fingerprint density at radius 3 is 1.77 bits per heavy atom. The van der Waals surface area contributed by atoms with E-state index in [1.165, 1.54) is 46.1 Å². The maximum atomic E-state index is 4.24. The quantitative estimate of drug-likeness (QED) is 0.252. The first kappa shape index (κ1) is 24.4. The van der Waals surface area contributed by atoms with Gasteiger partial charge < -0.3 is 4.90 Å². The second-order valence-electron chi connectivity index (χ2n) is 9.12. The summed E-state index contributed by atoms with van der Waals surface area (Å²) in [5.41, 5.74) is 7.70. The highest BCUT2D eigenvalue weighted by atomic mass is 15.1. The zero-order valence-corrected chi connectivity index (χ0v) is 21.3. The van der Waals surface area contributed by atoms with Gasteiger partial charge in [-0.3, -0.25) is 9.97 Å². The molecule has 0 saturated carbocycles. The normalized spacial score (nSPS) is 14.4. The van der Waals surface area contributed by atoms with Gasteiger partial charge in [-0.15, -0.1) is 0 Å². The van der Waals surface area contributed by atoms with E-state index in [4.69, 9.17) is 0 Å². The van der Waals surface area contributed by atoms with E-state index in [9.17, 15) is 0 Å². The molecule has 1 aliphatic rings. The first-order valence-corrected chi connectivity index (χ1v) is 12.5. The molecule has 178 valence electrons. The van der Waals surface area contributed by atoms with Gasteiger partial charge in [0.15, 0.2) is 0 Å². The number of pyridine rings is 2. The van der Waals surface area contributed by atoms with Gasteiger partial charge in [0.05, 0.1) is 11.0 Å². The van der Waals surface area contributed by atoms with E-state index < -0.39 is 0 Å². The molecule has 0 fully saturated rings. The van der Waals surface area contributed by atoms with E-state index in [0.29, 0.717) is 0 Å². The Morgan fingerprint density at radius 2 is 1.23 bits per heavy atom. The van der Waals surface area contributed by atoms with Crippen LogP contribution in [0.4, 0.5) is 5.69 Å². The van der Waals surface area contributed by atoms with Crippen LogP contribution in [0, 0.1) is 13.8 Å². The van der Waals surface area contributed by atoms with E-state index >= 15 is 0 Å². The number of hydrogen-bond donors (Lipinski definition) is 0. The van der Waals surface area contributed by atoms with Gasteiger partial charge in [-0.05, 0) is 80.1 Å². The smallest absolute Gasteiger partial charge is 0.0704 e. The first-order chi connectivity index (χ1) is 17.1. The molecular formula is C32H35N3. The third-order valence-corrected chi connectivity index (χ3v) is 6.76. The van der Waals surface area contributed by atoms with Crippen LogP contribution in [0.3, 0.4) is 0 Å². The van der Waals surface area contributed by atoms with Gasteiger partial charge in [-0.1, -0.05) is 61.5 Å². The maximum absolute atomic E-state index is 4.24. The standard InChI is InChI=1S/C12H17N.2C10H9N/c1-3-13-9-8-10(2)11-6-4-5-7-12(11)13;2*1-8-6-7-11-10-5-3-2-4-9(8)10/h4-7,10H,3,8-9H2,1-2H3;2*2-7H,1H3. The fourth-order valence-electron chi connectivity index (χ4n) is 4.62. The molecule has 0 aliphatic carbocycles. The number of anilines is 1. The van der Waals surface area contributed by atoms with Crippen molar-refractivity contribution >= 4 is 27.5 Å². The monoisotopic (exact) mass is 461 g/mol. The highest BCUT2D eigenvalue weighted by Crippen LogP contribution is 2.34. The lowest BCUT2D eigenvalue weighted by Crippen LogP contribution is -2.30. The van der Waals surface area contributed by atoms with Gasteiger partial charge in [0, 0.05) is 41.9 Å². The Balaban J connectivity index is 0.000000124. The van der Waals surface area contributed by atoms with Gasteiger partial charge in [0.2, 0.25) is 0 Å². The summed E-state index contributed by atoms with van der Waals surface area (Å²) in [5, 5.41) is 2.49. The largest absolute Gasteiger partial charge is 0.372 e. The van der Waals surface area contributed by atoms with Crippen LogP contribution in [-0.2, 0) is 0 Å². The molecule has 1 atom stereocenters. The van der Waals surface area contributed by atoms with Crippen molar-refractivity contribution in [2.45, 2.75) is 40.0 Å². The highest BCUT2D eigenvalue weighted by molar-refractivity contribution is 5.82. The molecule has 0 bridgehead atoms. The van der Waals surface area contributed by atoms with Crippen LogP contribution in [0.15, 0.2) is 97.3 Å². The molecule has 3 heterocycles. The topological polar surface area (TPSA) is 29.0 Å². The molecular weight excluding hydrogens is 426 g/mol. The molecule has 0 amide bonds. The molecule has 35 heavy (non-hydrogen) atoms. The molecule has 1 unspecified atom stereocenters. The molecule has 2 aromatic heterocycles.